The Bertz CT molecular complexity index is 680. The quantitative estimate of drug-likeness (QED) is 0.752. The summed E-state index contributed by atoms with van der Waals surface area (Å²) in [5, 5.41) is 7.19. The molecule has 8 nitrogen and oxygen atoms in total. The normalized spacial score (nSPS) is 10.4. The molecule has 0 aliphatic heterocycles. The van der Waals surface area contributed by atoms with Crippen LogP contribution in [0.2, 0.25) is 0 Å². The third-order valence-corrected chi connectivity index (χ3v) is 2.46. The summed E-state index contributed by atoms with van der Waals surface area (Å²) in [6.45, 7) is 2.68. The molecule has 0 aromatic carbocycles. The highest BCUT2D eigenvalue weighted by Gasteiger charge is 2.10. The van der Waals surface area contributed by atoms with E-state index in [1.54, 1.807) is 41.7 Å². The van der Waals surface area contributed by atoms with Crippen molar-refractivity contribution >= 4 is 5.95 Å². The lowest BCUT2D eigenvalue weighted by atomic mass is 10.4. The van der Waals surface area contributed by atoms with Crippen molar-refractivity contribution in [2.45, 2.75) is 6.92 Å². The summed E-state index contributed by atoms with van der Waals surface area (Å²) >= 11 is 0. The van der Waals surface area contributed by atoms with Gasteiger partial charge in [-0.3, -0.25) is 4.98 Å². The van der Waals surface area contributed by atoms with E-state index in [0.29, 0.717) is 30.0 Å². The fraction of sp³-hybridized carbons (Fsp3) is 0.167. The van der Waals surface area contributed by atoms with Gasteiger partial charge in [0.15, 0.2) is 5.82 Å². The first-order valence-electron chi connectivity index (χ1n) is 6.13. The van der Waals surface area contributed by atoms with E-state index in [9.17, 15) is 0 Å². The first kappa shape index (κ1) is 12.2. The number of nitrogens with one attached hydrogen (secondary N) is 1. The highest BCUT2D eigenvalue weighted by Crippen LogP contribution is 2.13. The van der Waals surface area contributed by atoms with Crippen molar-refractivity contribution in [2.75, 3.05) is 11.9 Å². The molecule has 0 aliphatic carbocycles. The van der Waals surface area contributed by atoms with E-state index in [1.165, 1.54) is 0 Å². The van der Waals surface area contributed by atoms with Gasteiger partial charge >= 0.3 is 0 Å². The predicted molar refractivity (Wildman–Crippen MR) is 72.1 cm³/mol. The zero-order valence-electron chi connectivity index (χ0n) is 10.8. The molecular formula is C12H12N8. The molecule has 100 valence electrons. The second-order valence-electron chi connectivity index (χ2n) is 3.85. The maximum absolute atomic E-state index is 4.36. The molecule has 0 fully saturated rings. The SMILES string of the molecule is CCNc1nc(-c2cnccn2)nc(-n2cccn2)n1. The number of hydrogen-bond donors (Lipinski definition) is 1. The Balaban J connectivity index is 2.10. The summed E-state index contributed by atoms with van der Waals surface area (Å²) in [7, 11) is 0. The summed E-state index contributed by atoms with van der Waals surface area (Å²) in [6, 6.07) is 1.80. The van der Waals surface area contributed by atoms with Crippen LogP contribution in [-0.4, -0.2) is 41.2 Å². The van der Waals surface area contributed by atoms with Crippen LogP contribution in [0.4, 0.5) is 5.95 Å². The van der Waals surface area contributed by atoms with Gasteiger partial charge in [-0.05, 0) is 13.0 Å². The fourth-order valence-electron chi connectivity index (χ4n) is 1.62. The van der Waals surface area contributed by atoms with E-state index >= 15 is 0 Å². The minimum atomic E-state index is 0.432. The third kappa shape index (κ3) is 2.44. The number of nitrogens with zero attached hydrogens (tertiary/aromatic N) is 7. The van der Waals surface area contributed by atoms with Crippen molar-refractivity contribution in [3.63, 3.8) is 0 Å². The highest BCUT2D eigenvalue weighted by atomic mass is 15.4. The van der Waals surface area contributed by atoms with Gasteiger partial charge in [-0.15, -0.1) is 0 Å². The second-order valence-corrected chi connectivity index (χ2v) is 3.85. The monoisotopic (exact) mass is 268 g/mol. The van der Waals surface area contributed by atoms with E-state index in [1.807, 2.05) is 6.92 Å². The lowest BCUT2D eigenvalue weighted by Gasteiger charge is -2.07. The molecule has 1 N–H and O–H groups in total. The first-order valence-corrected chi connectivity index (χ1v) is 6.13. The van der Waals surface area contributed by atoms with Crippen molar-refractivity contribution in [1.29, 1.82) is 0 Å². The topological polar surface area (TPSA) is 94.3 Å². The summed E-state index contributed by atoms with van der Waals surface area (Å²) in [5.41, 5.74) is 0.586. The molecule has 0 saturated carbocycles. The van der Waals surface area contributed by atoms with Crippen LogP contribution < -0.4 is 5.32 Å². The maximum atomic E-state index is 4.36. The van der Waals surface area contributed by atoms with Gasteiger partial charge in [-0.1, -0.05) is 0 Å². The van der Waals surface area contributed by atoms with Crippen molar-refractivity contribution in [2.24, 2.45) is 0 Å². The van der Waals surface area contributed by atoms with E-state index in [2.05, 4.69) is 35.3 Å². The Kier molecular flexibility index (Phi) is 3.27. The third-order valence-electron chi connectivity index (χ3n) is 2.46. The molecule has 0 spiro atoms. The number of rotatable bonds is 4. The summed E-state index contributed by atoms with van der Waals surface area (Å²) < 4.78 is 1.57. The van der Waals surface area contributed by atoms with E-state index in [-0.39, 0.29) is 0 Å². The zero-order chi connectivity index (χ0) is 13.8. The Morgan fingerprint density at radius 2 is 2.10 bits per heavy atom. The van der Waals surface area contributed by atoms with E-state index < -0.39 is 0 Å². The Hall–Kier alpha value is -2.90. The van der Waals surface area contributed by atoms with Gasteiger partial charge < -0.3 is 5.32 Å². The Labute approximate surface area is 115 Å². The average Bonchev–Trinajstić information content (AvgIpc) is 3.02. The molecule has 0 atom stereocenters. The molecule has 0 radical (unpaired) electrons. The molecule has 3 heterocycles. The lowest BCUT2D eigenvalue weighted by molar-refractivity contribution is 0.797. The molecule has 0 unspecified atom stereocenters. The van der Waals surface area contributed by atoms with Crippen molar-refractivity contribution < 1.29 is 0 Å². The van der Waals surface area contributed by atoms with Gasteiger partial charge in [0.2, 0.25) is 5.95 Å². The van der Waals surface area contributed by atoms with Crippen LogP contribution in [0.15, 0.2) is 37.1 Å². The van der Waals surface area contributed by atoms with Crippen molar-refractivity contribution in [3.05, 3.63) is 37.1 Å². The van der Waals surface area contributed by atoms with Crippen LogP contribution in [0.5, 0.6) is 0 Å². The van der Waals surface area contributed by atoms with Crippen LogP contribution in [0.1, 0.15) is 6.92 Å². The number of anilines is 1. The standard InChI is InChI=1S/C12H12N8/c1-2-14-11-17-10(9-8-13-5-6-15-9)18-12(19-11)20-7-3-4-16-20/h3-8H,2H2,1H3,(H,14,17,18,19). The minimum Gasteiger partial charge on any atom is -0.354 e. The maximum Gasteiger partial charge on any atom is 0.255 e. The van der Waals surface area contributed by atoms with E-state index in [4.69, 9.17) is 0 Å². The molecule has 0 aliphatic rings. The van der Waals surface area contributed by atoms with Crippen molar-refractivity contribution in [3.8, 4) is 17.5 Å². The largest absolute Gasteiger partial charge is 0.354 e. The first-order chi connectivity index (χ1) is 9.86. The Morgan fingerprint density at radius 1 is 1.15 bits per heavy atom. The molecule has 0 amide bonds. The summed E-state index contributed by atoms with van der Waals surface area (Å²) in [5.74, 6) is 1.37. The summed E-state index contributed by atoms with van der Waals surface area (Å²) in [6.07, 6.45) is 8.24. The number of aromatic nitrogens is 7. The number of hydrogen-bond acceptors (Lipinski definition) is 7. The van der Waals surface area contributed by atoms with E-state index in [0.717, 1.165) is 0 Å². The van der Waals surface area contributed by atoms with Gasteiger partial charge in [0.25, 0.3) is 5.95 Å². The zero-order valence-corrected chi connectivity index (χ0v) is 10.8. The predicted octanol–water partition coefficient (Wildman–Crippen LogP) is 0.946. The molecule has 3 rings (SSSR count). The molecule has 0 saturated heterocycles. The minimum absolute atomic E-state index is 0.432. The van der Waals surface area contributed by atoms with Gasteiger partial charge in [0.1, 0.15) is 5.69 Å². The van der Waals surface area contributed by atoms with Crippen LogP contribution in [0.25, 0.3) is 17.5 Å². The smallest absolute Gasteiger partial charge is 0.255 e. The van der Waals surface area contributed by atoms with Crippen LogP contribution >= 0.6 is 0 Å². The molecule has 3 aromatic heterocycles. The molecule has 0 bridgehead atoms. The molecular weight excluding hydrogens is 256 g/mol. The van der Waals surface area contributed by atoms with Gasteiger partial charge in [-0.25, -0.2) is 9.67 Å². The summed E-state index contributed by atoms with van der Waals surface area (Å²) in [4.78, 5) is 21.2. The Morgan fingerprint density at radius 3 is 2.80 bits per heavy atom. The van der Waals surface area contributed by atoms with Gasteiger partial charge in [0.05, 0.1) is 6.20 Å². The molecule has 20 heavy (non-hydrogen) atoms. The van der Waals surface area contributed by atoms with Crippen LogP contribution in [-0.2, 0) is 0 Å². The molecule has 3 aromatic rings. The highest BCUT2D eigenvalue weighted by molar-refractivity contribution is 5.50. The van der Waals surface area contributed by atoms with Crippen molar-refractivity contribution in [1.82, 2.24) is 34.7 Å². The second kappa shape index (κ2) is 5.39. The molecule has 8 heteroatoms. The average molecular weight is 268 g/mol. The van der Waals surface area contributed by atoms with Gasteiger partial charge in [0, 0.05) is 31.3 Å². The fourth-order valence-corrected chi connectivity index (χ4v) is 1.62. The van der Waals surface area contributed by atoms with Crippen LogP contribution in [0.3, 0.4) is 0 Å². The van der Waals surface area contributed by atoms with Crippen LogP contribution in [0, 0.1) is 0 Å². The lowest BCUT2D eigenvalue weighted by Crippen LogP contribution is -2.10. The van der Waals surface area contributed by atoms with Gasteiger partial charge in [-0.2, -0.15) is 20.1 Å².